The van der Waals surface area contributed by atoms with Crippen LogP contribution in [0.25, 0.3) is 0 Å². The van der Waals surface area contributed by atoms with Gasteiger partial charge in [-0.3, -0.25) is 0 Å². The molecule has 0 N–H and O–H groups in total. The average molecular weight is 404 g/mol. The van der Waals surface area contributed by atoms with E-state index in [1.165, 1.54) is 0 Å². The lowest BCUT2D eigenvalue weighted by Crippen LogP contribution is -2.25. The summed E-state index contributed by atoms with van der Waals surface area (Å²) in [5.74, 6) is 0. The SMILES string of the molecule is O=P(c1ccccc1)(c1ccccc1)c1cccc(I)c1. The monoisotopic (exact) mass is 404 g/mol. The molecule has 1 nitrogen and oxygen atoms in total. The van der Waals surface area contributed by atoms with Gasteiger partial charge in [-0.15, -0.1) is 0 Å². The molecule has 3 aromatic rings. The van der Waals surface area contributed by atoms with E-state index in [4.69, 9.17) is 0 Å². The molecule has 0 saturated heterocycles. The van der Waals surface area contributed by atoms with Crippen molar-refractivity contribution in [1.29, 1.82) is 0 Å². The lowest BCUT2D eigenvalue weighted by Gasteiger charge is -2.20. The normalized spacial score (nSPS) is 11.3. The molecule has 0 aliphatic carbocycles. The fourth-order valence-corrected chi connectivity index (χ4v) is 5.88. The van der Waals surface area contributed by atoms with Crippen molar-refractivity contribution in [3.63, 3.8) is 0 Å². The molecule has 0 aliphatic heterocycles. The number of halogens is 1. The van der Waals surface area contributed by atoms with Crippen LogP contribution in [0.3, 0.4) is 0 Å². The Balaban J connectivity index is 2.29. The molecule has 0 heterocycles. The molecule has 0 amide bonds. The quantitative estimate of drug-likeness (QED) is 0.478. The molecule has 0 unspecified atom stereocenters. The summed E-state index contributed by atoms with van der Waals surface area (Å²) in [6.45, 7) is 0. The Bertz CT molecular complexity index is 741. The molecule has 0 saturated carbocycles. The summed E-state index contributed by atoms with van der Waals surface area (Å²) >= 11 is 2.26. The standard InChI is InChI=1S/C18H14IOP/c19-15-8-7-13-18(14-15)21(20,16-9-3-1-4-10-16)17-11-5-2-6-12-17/h1-14H. The highest BCUT2D eigenvalue weighted by atomic mass is 127. The van der Waals surface area contributed by atoms with E-state index in [-0.39, 0.29) is 0 Å². The zero-order chi connectivity index (χ0) is 14.7. The van der Waals surface area contributed by atoms with Gasteiger partial charge in [-0.25, -0.2) is 0 Å². The molecule has 0 aromatic heterocycles. The Hall–Kier alpha value is -1.38. The van der Waals surface area contributed by atoms with Crippen molar-refractivity contribution in [2.24, 2.45) is 0 Å². The van der Waals surface area contributed by atoms with Crippen molar-refractivity contribution < 1.29 is 4.57 Å². The van der Waals surface area contributed by atoms with Crippen molar-refractivity contribution in [1.82, 2.24) is 0 Å². The highest BCUT2D eigenvalue weighted by Gasteiger charge is 2.29. The van der Waals surface area contributed by atoms with Crippen LogP contribution in [0, 0.1) is 3.57 Å². The average Bonchev–Trinajstić information content (AvgIpc) is 2.56. The lowest BCUT2D eigenvalue weighted by molar-refractivity contribution is 0.592. The molecule has 21 heavy (non-hydrogen) atoms. The molecular formula is C18H14IOP. The first-order valence-corrected chi connectivity index (χ1v) is 9.47. The molecule has 0 fully saturated rings. The van der Waals surface area contributed by atoms with Crippen LogP contribution in [-0.4, -0.2) is 0 Å². The summed E-state index contributed by atoms with van der Waals surface area (Å²) in [5.41, 5.74) is 0. The Labute approximate surface area is 138 Å². The van der Waals surface area contributed by atoms with Crippen LogP contribution in [-0.2, 0) is 4.57 Å². The van der Waals surface area contributed by atoms with E-state index in [9.17, 15) is 4.57 Å². The Kier molecular flexibility index (Phi) is 4.27. The third-order valence-corrected chi connectivity index (χ3v) is 7.14. The molecular weight excluding hydrogens is 390 g/mol. The number of hydrogen-bond acceptors (Lipinski definition) is 1. The van der Waals surface area contributed by atoms with Gasteiger partial charge in [-0.2, -0.15) is 0 Å². The minimum Gasteiger partial charge on any atom is -0.309 e. The summed E-state index contributed by atoms with van der Waals surface area (Å²) in [6.07, 6.45) is 0. The van der Waals surface area contributed by atoms with Crippen molar-refractivity contribution in [3.8, 4) is 0 Å². The summed E-state index contributed by atoms with van der Waals surface area (Å²) < 4.78 is 15.1. The predicted octanol–water partition coefficient (Wildman–Crippen LogP) is 3.93. The topological polar surface area (TPSA) is 17.1 Å². The number of hydrogen-bond donors (Lipinski definition) is 0. The first-order valence-electron chi connectivity index (χ1n) is 6.69. The second-order valence-electron chi connectivity index (χ2n) is 4.76. The van der Waals surface area contributed by atoms with Crippen LogP contribution in [0.5, 0.6) is 0 Å². The van der Waals surface area contributed by atoms with E-state index in [1.54, 1.807) is 0 Å². The minimum atomic E-state index is -2.81. The summed E-state index contributed by atoms with van der Waals surface area (Å²) in [6, 6.07) is 27.4. The highest BCUT2D eigenvalue weighted by molar-refractivity contribution is 14.1. The molecule has 3 heteroatoms. The maximum atomic E-state index is 14.0. The highest BCUT2D eigenvalue weighted by Crippen LogP contribution is 2.42. The summed E-state index contributed by atoms with van der Waals surface area (Å²) in [4.78, 5) is 0. The summed E-state index contributed by atoms with van der Waals surface area (Å²) in [5, 5.41) is 2.63. The fourth-order valence-electron chi connectivity index (χ4n) is 2.40. The van der Waals surface area contributed by atoms with Gasteiger partial charge in [-0.05, 0) is 34.7 Å². The van der Waals surface area contributed by atoms with E-state index in [0.29, 0.717) is 0 Å². The Morgan fingerprint density at radius 2 is 1.10 bits per heavy atom. The fraction of sp³-hybridized carbons (Fsp3) is 0. The van der Waals surface area contributed by atoms with Gasteiger partial charge < -0.3 is 4.57 Å². The van der Waals surface area contributed by atoms with Gasteiger partial charge in [0.1, 0.15) is 0 Å². The second-order valence-corrected chi connectivity index (χ2v) is 8.77. The van der Waals surface area contributed by atoms with Crippen molar-refractivity contribution >= 4 is 45.6 Å². The van der Waals surface area contributed by atoms with Crippen LogP contribution in [0.4, 0.5) is 0 Å². The Morgan fingerprint density at radius 1 is 0.619 bits per heavy atom. The largest absolute Gasteiger partial charge is 0.309 e. The molecule has 0 bridgehead atoms. The van der Waals surface area contributed by atoms with Gasteiger partial charge in [0.05, 0.1) is 0 Å². The van der Waals surface area contributed by atoms with Gasteiger partial charge in [0.25, 0.3) is 0 Å². The first kappa shape index (κ1) is 14.6. The van der Waals surface area contributed by atoms with E-state index < -0.39 is 7.14 Å². The van der Waals surface area contributed by atoms with E-state index in [1.807, 2.05) is 84.9 Å². The van der Waals surface area contributed by atoms with Crippen LogP contribution in [0.1, 0.15) is 0 Å². The third-order valence-electron chi connectivity index (χ3n) is 3.41. The predicted molar refractivity (Wildman–Crippen MR) is 98.6 cm³/mol. The van der Waals surface area contributed by atoms with Gasteiger partial charge in [0.15, 0.2) is 7.14 Å². The van der Waals surface area contributed by atoms with Crippen molar-refractivity contribution in [3.05, 3.63) is 88.5 Å². The minimum absolute atomic E-state index is 0.873. The smallest absolute Gasteiger partial charge is 0.171 e. The zero-order valence-corrected chi connectivity index (χ0v) is 14.4. The molecule has 0 spiro atoms. The van der Waals surface area contributed by atoms with Gasteiger partial charge >= 0.3 is 0 Å². The van der Waals surface area contributed by atoms with Gasteiger partial charge in [0, 0.05) is 19.5 Å². The first-order chi connectivity index (χ1) is 10.2. The molecule has 3 aromatic carbocycles. The van der Waals surface area contributed by atoms with E-state index >= 15 is 0 Å². The second kappa shape index (κ2) is 6.17. The maximum absolute atomic E-state index is 14.0. The molecule has 0 aliphatic rings. The maximum Gasteiger partial charge on any atom is 0.171 e. The van der Waals surface area contributed by atoms with Crippen molar-refractivity contribution in [2.75, 3.05) is 0 Å². The summed E-state index contributed by atoms with van der Waals surface area (Å²) in [7, 11) is -2.81. The van der Waals surface area contributed by atoms with Crippen LogP contribution < -0.4 is 15.9 Å². The van der Waals surface area contributed by atoms with Crippen LogP contribution in [0.2, 0.25) is 0 Å². The zero-order valence-electron chi connectivity index (χ0n) is 11.3. The molecule has 0 radical (unpaired) electrons. The van der Waals surface area contributed by atoms with Crippen LogP contribution in [0.15, 0.2) is 84.9 Å². The van der Waals surface area contributed by atoms with Crippen LogP contribution >= 0.6 is 29.7 Å². The molecule has 104 valence electrons. The van der Waals surface area contributed by atoms with E-state index in [0.717, 1.165) is 19.5 Å². The number of rotatable bonds is 3. The third kappa shape index (κ3) is 2.83. The number of benzene rings is 3. The lowest BCUT2D eigenvalue weighted by atomic mass is 10.4. The van der Waals surface area contributed by atoms with Gasteiger partial charge in [-0.1, -0.05) is 72.8 Å². The van der Waals surface area contributed by atoms with Gasteiger partial charge in [0.2, 0.25) is 0 Å². The van der Waals surface area contributed by atoms with E-state index in [2.05, 4.69) is 22.6 Å². The van der Waals surface area contributed by atoms with Crippen molar-refractivity contribution in [2.45, 2.75) is 0 Å². The molecule has 3 rings (SSSR count). The Morgan fingerprint density at radius 3 is 1.57 bits per heavy atom. The molecule has 0 atom stereocenters.